The van der Waals surface area contributed by atoms with Crippen molar-refractivity contribution in [3.8, 4) is 0 Å². The van der Waals surface area contributed by atoms with Crippen LogP contribution in [-0.2, 0) is 15.5 Å². The van der Waals surface area contributed by atoms with E-state index in [0.29, 0.717) is 0 Å². The number of nitro benzene ring substituents is 1. The molecular formula is C13H16BF3N2O4. The van der Waals surface area contributed by atoms with Crippen molar-refractivity contribution in [1.29, 1.82) is 0 Å². The highest BCUT2D eigenvalue weighted by Gasteiger charge is 2.52. The number of hydrogen-bond acceptors (Lipinski definition) is 5. The van der Waals surface area contributed by atoms with Crippen LogP contribution in [0.15, 0.2) is 12.1 Å². The van der Waals surface area contributed by atoms with Crippen LogP contribution in [0, 0.1) is 10.1 Å². The van der Waals surface area contributed by atoms with Crippen LogP contribution in [-0.4, -0.2) is 23.2 Å². The van der Waals surface area contributed by atoms with Crippen molar-refractivity contribution >= 4 is 24.0 Å². The number of benzene rings is 1. The predicted molar refractivity (Wildman–Crippen MR) is 78.2 cm³/mol. The maximum Gasteiger partial charge on any atom is 0.495 e. The number of anilines is 1. The molecule has 6 nitrogen and oxygen atoms in total. The molecular weight excluding hydrogens is 316 g/mol. The van der Waals surface area contributed by atoms with Gasteiger partial charge in [0.1, 0.15) is 5.69 Å². The number of hydrogen-bond donors (Lipinski definition) is 1. The zero-order chi connectivity index (χ0) is 17.8. The van der Waals surface area contributed by atoms with E-state index >= 15 is 0 Å². The lowest BCUT2D eigenvalue weighted by Crippen LogP contribution is -2.41. The van der Waals surface area contributed by atoms with Crippen LogP contribution < -0.4 is 11.2 Å². The van der Waals surface area contributed by atoms with Crippen molar-refractivity contribution < 1.29 is 27.4 Å². The molecule has 0 radical (unpaired) electrons. The maximum absolute atomic E-state index is 13.1. The highest BCUT2D eigenvalue weighted by atomic mass is 19.4. The molecule has 23 heavy (non-hydrogen) atoms. The van der Waals surface area contributed by atoms with Gasteiger partial charge in [-0.15, -0.1) is 0 Å². The van der Waals surface area contributed by atoms with Gasteiger partial charge in [0, 0.05) is 6.07 Å². The van der Waals surface area contributed by atoms with Gasteiger partial charge in [-0.2, -0.15) is 13.2 Å². The van der Waals surface area contributed by atoms with Gasteiger partial charge in [-0.1, -0.05) is 0 Å². The Balaban J connectivity index is 2.57. The maximum atomic E-state index is 13.1. The molecule has 0 amide bonds. The molecule has 1 aromatic carbocycles. The average molecular weight is 332 g/mol. The summed E-state index contributed by atoms with van der Waals surface area (Å²) in [6.45, 7) is 6.90. The zero-order valence-corrected chi connectivity index (χ0v) is 13.0. The summed E-state index contributed by atoms with van der Waals surface area (Å²) in [5.74, 6) is 0. The van der Waals surface area contributed by atoms with Crippen LogP contribution in [0.5, 0.6) is 0 Å². The van der Waals surface area contributed by atoms with Crippen molar-refractivity contribution in [3.63, 3.8) is 0 Å². The van der Waals surface area contributed by atoms with Gasteiger partial charge in [-0.3, -0.25) is 10.1 Å². The summed E-state index contributed by atoms with van der Waals surface area (Å²) in [7, 11) is -1.15. The summed E-state index contributed by atoms with van der Waals surface area (Å²) in [4.78, 5) is 10.0. The van der Waals surface area contributed by atoms with Gasteiger partial charge in [0.15, 0.2) is 0 Å². The second-order valence-electron chi connectivity index (χ2n) is 6.34. The lowest BCUT2D eigenvalue weighted by Gasteiger charge is -2.32. The zero-order valence-electron chi connectivity index (χ0n) is 13.0. The minimum Gasteiger partial charge on any atom is -0.399 e. The Morgan fingerprint density at radius 2 is 1.65 bits per heavy atom. The second-order valence-corrected chi connectivity index (χ2v) is 6.34. The smallest absolute Gasteiger partial charge is 0.399 e. The average Bonchev–Trinajstić information content (AvgIpc) is 2.56. The first-order valence-electron chi connectivity index (χ1n) is 6.77. The topological polar surface area (TPSA) is 87.6 Å². The number of alkyl halides is 3. The van der Waals surface area contributed by atoms with Gasteiger partial charge in [0.05, 0.1) is 21.7 Å². The molecule has 10 heteroatoms. The quantitative estimate of drug-likeness (QED) is 0.389. The number of nitrogens with two attached hydrogens (primary N) is 1. The summed E-state index contributed by atoms with van der Waals surface area (Å²) >= 11 is 0. The van der Waals surface area contributed by atoms with Crippen LogP contribution in [0.2, 0.25) is 0 Å². The molecule has 1 saturated heterocycles. The van der Waals surface area contributed by atoms with Crippen molar-refractivity contribution in [3.05, 3.63) is 27.8 Å². The van der Waals surface area contributed by atoms with Crippen molar-refractivity contribution in [2.45, 2.75) is 45.1 Å². The predicted octanol–water partition coefficient (Wildman–Crippen LogP) is 2.50. The fourth-order valence-electron chi connectivity index (χ4n) is 2.16. The molecule has 2 N–H and O–H groups in total. The number of nitro groups is 1. The van der Waals surface area contributed by atoms with Crippen LogP contribution >= 0.6 is 0 Å². The Morgan fingerprint density at radius 1 is 1.17 bits per heavy atom. The fourth-order valence-corrected chi connectivity index (χ4v) is 2.16. The summed E-state index contributed by atoms with van der Waals surface area (Å²) in [6, 6.07) is 1.68. The van der Waals surface area contributed by atoms with E-state index in [0.717, 1.165) is 12.1 Å². The summed E-state index contributed by atoms with van der Waals surface area (Å²) in [6.07, 6.45) is -4.82. The monoisotopic (exact) mass is 332 g/mol. The van der Waals surface area contributed by atoms with Crippen molar-refractivity contribution in [2.24, 2.45) is 0 Å². The first-order chi connectivity index (χ1) is 10.3. The molecule has 0 aliphatic carbocycles. The molecule has 126 valence electrons. The van der Waals surface area contributed by atoms with Crippen molar-refractivity contribution in [1.82, 2.24) is 0 Å². The largest absolute Gasteiger partial charge is 0.495 e. The van der Waals surface area contributed by atoms with Gasteiger partial charge < -0.3 is 15.0 Å². The van der Waals surface area contributed by atoms with E-state index in [9.17, 15) is 23.3 Å². The van der Waals surface area contributed by atoms with Gasteiger partial charge in [0.2, 0.25) is 0 Å². The van der Waals surface area contributed by atoms with Gasteiger partial charge >= 0.3 is 13.3 Å². The molecule has 2 rings (SSSR count). The molecule has 1 fully saturated rings. The highest BCUT2D eigenvalue weighted by molar-refractivity contribution is 6.62. The molecule has 0 spiro atoms. The third-order valence-electron chi connectivity index (χ3n) is 4.21. The Labute approximate surface area is 131 Å². The van der Waals surface area contributed by atoms with E-state index in [1.807, 2.05) is 0 Å². The lowest BCUT2D eigenvalue weighted by molar-refractivity contribution is -0.384. The first kappa shape index (κ1) is 17.5. The molecule has 1 aliphatic heterocycles. The SMILES string of the molecule is CC1(C)OB(c2cc([N+](=O)[O-])c(N)c(C(F)(F)F)c2)OC1(C)C. The molecule has 1 heterocycles. The molecule has 1 aliphatic rings. The molecule has 0 atom stereocenters. The Bertz CT molecular complexity index is 645. The number of nitrogens with zero attached hydrogens (tertiary/aromatic N) is 1. The second kappa shape index (κ2) is 5.10. The van der Waals surface area contributed by atoms with Crippen LogP contribution in [0.3, 0.4) is 0 Å². The third kappa shape index (κ3) is 3.00. The molecule has 0 unspecified atom stereocenters. The summed E-state index contributed by atoms with van der Waals surface area (Å²) < 4.78 is 50.5. The molecule has 0 bridgehead atoms. The summed E-state index contributed by atoms with van der Waals surface area (Å²) in [5, 5.41) is 11.0. The third-order valence-corrected chi connectivity index (χ3v) is 4.21. The number of nitrogen functional groups attached to an aromatic ring is 1. The van der Waals surface area contributed by atoms with Crippen LogP contribution in [0.4, 0.5) is 24.5 Å². The Hall–Kier alpha value is -1.81. The van der Waals surface area contributed by atoms with E-state index in [2.05, 4.69) is 0 Å². The van der Waals surface area contributed by atoms with Crippen LogP contribution in [0.25, 0.3) is 0 Å². The van der Waals surface area contributed by atoms with Crippen molar-refractivity contribution in [2.75, 3.05) is 5.73 Å². The Morgan fingerprint density at radius 3 is 2.04 bits per heavy atom. The lowest BCUT2D eigenvalue weighted by atomic mass is 9.77. The van der Waals surface area contributed by atoms with E-state index in [-0.39, 0.29) is 5.46 Å². The number of rotatable bonds is 2. The highest BCUT2D eigenvalue weighted by Crippen LogP contribution is 2.40. The van der Waals surface area contributed by atoms with Gasteiger partial charge in [0.25, 0.3) is 5.69 Å². The van der Waals surface area contributed by atoms with Gasteiger partial charge in [-0.05, 0) is 39.2 Å². The van der Waals surface area contributed by atoms with E-state index < -0.39 is 46.4 Å². The normalized spacial score (nSPS) is 19.9. The number of halogens is 3. The van der Waals surface area contributed by atoms with E-state index in [1.165, 1.54) is 0 Å². The fraction of sp³-hybridized carbons (Fsp3) is 0.538. The molecule has 0 saturated carbocycles. The van der Waals surface area contributed by atoms with Gasteiger partial charge in [-0.25, -0.2) is 0 Å². The van der Waals surface area contributed by atoms with E-state index in [4.69, 9.17) is 15.0 Å². The molecule has 0 aromatic heterocycles. The first-order valence-corrected chi connectivity index (χ1v) is 6.77. The Kier molecular flexibility index (Phi) is 3.89. The van der Waals surface area contributed by atoms with Crippen LogP contribution in [0.1, 0.15) is 33.3 Å². The minimum absolute atomic E-state index is 0.100. The standard InChI is InChI=1S/C13H16BF3N2O4/c1-11(2)12(3,4)23-14(22-11)7-5-8(13(15,16)17)10(18)9(6-7)19(20)21/h5-6H,18H2,1-4H3. The summed E-state index contributed by atoms with van der Waals surface area (Å²) in [5.41, 5.74) is 0.592. The molecule has 1 aromatic rings. The van der Waals surface area contributed by atoms with E-state index in [1.54, 1.807) is 27.7 Å². The minimum atomic E-state index is -4.82.